The fourth-order valence-corrected chi connectivity index (χ4v) is 3.76. The molecular weight excluding hydrogens is 411 g/mol. The summed E-state index contributed by atoms with van der Waals surface area (Å²) in [5, 5.41) is 7.28. The number of carbonyl (C=O) groups is 1. The lowest BCUT2D eigenvalue weighted by atomic mass is 9.96. The quantitative estimate of drug-likeness (QED) is 0.633. The van der Waals surface area contributed by atoms with E-state index in [0.29, 0.717) is 11.7 Å². The number of rotatable bonds is 6. The molecule has 3 aromatic rings. The molecule has 0 spiro atoms. The summed E-state index contributed by atoms with van der Waals surface area (Å²) in [6, 6.07) is 9.70. The fraction of sp³-hybridized carbons (Fsp3) is 0.391. The van der Waals surface area contributed by atoms with Crippen LogP contribution in [0.4, 0.5) is 10.2 Å². The molecule has 3 heterocycles. The van der Waals surface area contributed by atoms with Crippen LogP contribution in [0.15, 0.2) is 40.9 Å². The number of aromatic nitrogens is 3. The number of amides is 1. The van der Waals surface area contributed by atoms with Crippen LogP contribution in [0.2, 0.25) is 0 Å². The number of anilines is 1. The van der Waals surface area contributed by atoms with E-state index in [1.807, 2.05) is 25.1 Å². The number of carbonyl (C=O) groups excluding carboxylic acids is 1. The van der Waals surface area contributed by atoms with Crippen molar-refractivity contribution in [3.05, 3.63) is 59.5 Å². The Hall–Kier alpha value is -3.33. The van der Waals surface area contributed by atoms with E-state index in [-0.39, 0.29) is 29.5 Å². The summed E-state index contributed by atoms with van der Waals surface area (Å²) in [5.74, 6) is 0.917. The summed E-state index contributed by atoms with van der Waals surface area (Å²) in [5.41, 5.74) is 1.54. The van der Waals surface area contributed by atoms with Crippen LogP contribution in [0.5, 0.6) is 0 Å². The third-order valence-electron chi connectivity index (χ3n) is 5.55. The molecule has 1 N–H and O–H groups in total. The SMILES string of the molecule is CN(Cc1nc([C@@H]2CCCNC2)cc(N(C)C)n1)C(=O)c1cc(-c2ccccc2F)no1. The summed E-state index contributed by atoms with van der Waals surface area (Å²) in [7, 11) is 5.52. The van der Waals surface area contributed by atoms with Crippen LogP contribution in [0, 0.1) is 5.82 Å². The highest BCUT2D eigenvalue weighted by Gasteiger charge is 2.23. The lowest BCUT2D eigenvalue weighted by Crippen LogP contribution is -2.30. The number of benzene rings is 1. The Balaban J connectivity index is 1.53. The topological polar surface area (TPSA) is 87.4 Å². The molecule has 2 aromatic heterocycles. The molecule has 0 bridgehead atoms. The van der Waals surface area contributed by atoms with Gasteiger partial charge in [0.1, 0.15) is 23.2 Å². The predicted octanol–water partition coefficient (Wildman–Crippen LogP) is 3.08. The Morgan fingerprint density at radius 2 is 2.03 bits per heavy atom. The number of nitrogens with one attached hydrogen (secondary N) is 1. The Bertz CT molecular complexity index is 1090. The minimum absolute atomic E-state index is 0.0335. The van der Waals surface area contributed by atoms with Crippen LogP contribution in [-0.4, -0.2) is 60.2 Å². The second kappa shape index (κ2) is 9.44. The van der Waals surface area contributed by atoms with Gasteiger partial charge < -0.3 is 19.6 Å². The predicted molar refractivity (Wildman–Crippen MR) is 119 cm³/mol. The standard InChI is InChI=1S/C23H27FN6O2/c1-29(2)22-12-18(15-7-6-10-25-13-15)26-21(27-22)14-30(3)23(31)20-11-19(28-32-20)16-8-4-5-9-17(16)24/h4-5,8-9,11-12,15,25H,6-7,10,13-14H2,1-3H3/t15-/m1/s1. The van der Waals surface area contributed by atoms with Crippen molar-refractivity contribution in [2.24, 2.45) is 0 Å². The molecule has 168 valence electrons. The van der Waals surface area contributed by atoms with Crippen molar-refractivity contribution in [1.82, 2.24) is 25.3 Å². The summed E-state index contributed by atoms with van der Waals surface area (Å²) in [6.07, 6.45) is 2.18. The highest BCUT2D eigenvalue weighted by atomic mass is 19.1. The first-order chi connectivity index (χ1) is 15.4. The van der Waals surface area contributed by atoms with Gasteiger partial charge in [-0.3, -0.25) is 4.79 Å². The molecule has 8 nitrogen and oxygen atoms in total. The Kier molecular flexibility index (Phi) is 6.45. The zero-order valence-electron chi connectivity index (χ0n) is 18.5. The van der Waals surface area contributed by atoms with E-state index in [1.54, 1.807) is 25.2 Å². The molecule has 4 rings (SSSR count). The molecule has 0 aliphatic carbocycles. The van der Waals surface area contributed by atoms with E-state index in [4.69, 9.17) is 9.51 Å². The van der Waals surface area contributed by atoms with Crippen molar-refractivity contribution < 1.29 is 13.7 Å². The van der Waals surface area contributed by atoms with Crippen molar-refractivity contribution in [2.75, 3.05) is 39.1 Å². The molecule has 32 heavy (non-hydrogen) atoms. The third kappa shape index (κ3) is 4.77. The Morgan fingerprint density at radius 3 is 2.75 bits per heavy atom. The first-order valence-corrected chi connectivity index (χ1v) is 10.7. The van der Waals surface area contributed by atoms with Crippen LogP contribution in [0.25, 0.3) is 11.3 Å². The van der Waals surface area contributed by atoms with Crippen molar-refractivity contribution in [3.8, 4) is 11.3 Å². The average Bonchev–Trinajstić information content (AvgIpc) is 3.29. The van der Waals surface area contributed by atoms with E-state index in [9.17, 15) is 9.18 Å². The zero-order valence-corrected chi connectivity index (χ0v) is 18.5. The lowest BCUT2D eigenvalue weighted by molar-refractivity contribution is 0.0740. The minimum Gasteiger partial charge on any atom is -0.363 e. The van der Waals surface area contributed by atoms with Gasteiger partial charge in [-0.2, -0.15) is 0 Å². The maximum Gasteiger partial charge on any atom is 0.292 e. The summed E-state index contributed by atoms with van der Waals surface area (Å²) >= 11 is 0. The van der Waals surface area contributed by atoms with E-state index in [2.05, 4.69) is 15.5 Å². The van der Waals surface area contributed by atoms with Gasteiger partial charge in [0.25, 0.3) is 5.91 Å². The number of nitrogens with zero attached hydrogens (tertiary/aromatic N) is 5. The maximum absolute atomic E-state index is 14.0. The van der Waals surface area contributed by atoms with E-state index in [1.165, 1.54) is 17.0 Å². The van der Waals surface area contributed by atoms with Crippen molar-refractivity contribution in [3.63, 3.8) is 0 Å². The van der Waals surface area contributed by atoms with Crippen molar-refractivity contribution in [2.45, 2.75) is 25.3 Å². The molecule has 1 amide bonds. The molecule has 1 aromatic carbocycles. The van der Waals surface area contributed by atoms with Crippen LogP contribution >= 0.6 is 0 Å². The monoisotopic (exact) mass is 438 g/mol. The number of hydrogen-bond acceptors (Lipinski definition) is 7. The van der Waals surface area contributed by atoms with Crippen LogP contribution in [0.3, 0.4) is 0 Å². The van der Waals surface area contributed by atoms with Crippen molar-refractivity contribution in [1.29, 1.82) is 0 Å². The maximum atomic E-state index is 14.0. The smallest absolute Gasteiger partial charge is 0.292 e. The van der Waals surface area contributed by atoms with Crippen molar-refractivity contribution >= 4 is 11.7 Å². The third-order valence-corrected chi connectivity index (χ3v) is 5.55. The second-order valence-corrected chi connectivity index (χ2v) is 8.22. The fourth-order valence-electron chi connectivity index (χ4n) is 3.76. The van der Waals surface area contributed by atoms with Gasteiger partial charge in [-0.1, -0.05) is 17.3 Å². The van der Waals surface area contributed by atoms with Gasteiger partial charge in [0.05, 0.1) is 12.2 Å². The van der Waals surface area contributed by atoms with Gasteiger partial charge in [0, 0.05) is 51.3 Å². The molecular formula is C23H27FN6O2. The van der Waals surface area contributed by atoms with E-state index in [0.717, 1.165) is 37.4 Å². The summed E-state index contributed by atoms with van der Waals surface area (Å²) in [4.78, 5) is 25.7. The minimum atomic E-state index is -0.424. The molecule has 0 unspecified atom stereocenters. The number of halogens is 1. The number of piperidine rings is 1. The van der Waals surface area contributed by atoms with E-state index >= 15 is 0 Å². The average molecular weight is 439 g/mol. The van der Waals surface area contributed by atoms with Crippen LogP contribution < -0.4 is 10.2 Å². The molecule has 1 atom stereocenters. The molecule has 0 saturated carbocycles. The van der Waals surface area contributed by atoms with Gasteiger partial charge in [-0.15, -0.1) is 0 Å². The number of hydrogen-bond donors (Lipinski definition) is 1. The molecule has 0 radical (unpaired) electrons. The molecule has 9 heteroatoms. The molecule has 1 aliphatic heterocycles. The van der Waals surface area contributed by atoms with Gasteiger partial charge in [-0.05, 0) is 31.5 Å². The first-order valence-electron chi connectivity index (χ1n) is 10.7. The van der Waals surface area contributed by atoms with Crippen LogP contribution in [-0.2, 0) is 6.54 Å². The summed E-state index contributed by atoms with van der Waals surface area (Å²) < 4.78 is 19.2. The zero-order chi connectivity index (χ0) is 22.7. The highest BCUT2D eigenvalue weighted by Crippen LogP contribution is 2.25. The Morgan fingerprint density at radius 1 is 1.22 bits per heavy atom. The van der Waals surface area contributed by atoms with Gasteiger partial charge in [0.15, 0.2) is 0 Å². The second-order valence-electron chi connectivity index (χ2n) is 8.22. The molecule has 1 saturated heterocycles. The molecule has 1 fully saturated rings. The largest absolute Gasteiger partial charge is 0.363 e. The van der Waals surface area contributed by atoms with Gasteiger partial charge in [-0.25, -0.2) is 14.4 Å². The van der Waals surface area contributed by atoms with Crippen LogP contribution in [0.1, 0.15) is 40.8 Å². The molecule has 1 aliphatic rings. The highest BCUT2D eigenvalue weighted by molar-refractivity contribution is 5.92. The Labute approximate surface area is 186 Å². The van der Waals surface area contributed by atoms with E-state index < -0.39 is 5.82 Å². The lowest BCUT2D eigenvalue weighted by Gasteiger charge is -2.24. The van der Waals surface area contributed by atoms with Gasteiger partial charge >= 0.3 is 0 Å². The first kappa shape index (κ1) is 21.9. The summed E-state index contributed by atoms with van der Waals surface area (Å²) in [6.45, 7) is 2.12. The van der Waals surface area contributed by atoms with Gasteiger partial charge in [0.2, 0.25) is 5.76 Å². The normalized spacial score (nSPS) is 16.1.